The predicted molar refractivity (Wildman–Crippen MR) is 60.8 cm³/mol. The zero-order valence-electron chi connectivity index (χ0n) is 8.94. The lowest BCUT2D eigenvalue weighted by Crippen LogP contribution is -1.90. The monoisotopic (exact) mass is 223 g/mol. The third kappa shape index (κ3) is 1.74. The Hall–Kier alpha value is -1.36. The van der Waals surface area contributed by atoms with Crippen LogP contribution in [0.25, 0.3) is 10.8 Å². The summed E-state index contributed by atoms with van der Waals surface area (Å²) in [6.45, 7) is 6.02. The number of thiophene rings is 1. The van der Waals surface area contributed by atoms with Gasteiger partial charge in [0, 0.05) is 5.92 Å². The first-order chi connectivity index (χ1) is 7.09. The van der Waals surface area contributed by atoms with Crippen molar-refractivity contribution in [3.05, 3.63) is 16.8 Å². The molecule has 0 radical (unpaired) electrons. The van der Waals surface area contributed by atoms with Crippen molar-refractivity contribution >= 4 is 17.0 Å². The molecule has 2 aromatic heterocycles. The SMILES string of the molecule is Cc1csc(-c2nc(C(C)C)no2)c1N. The molecule has 0 fully saturated rings. The molecule has 2 heterocycles. The minimum absolute atomic E-state index is 0.268. The second-order valence-electron chi connectivity index (χ2n) is 3.77. The lowest BCUT2D eigenvalue weighted by Gasteiger charge is -1.93. The third-order valence-corrected chi connectivity index (χ3v) is 3.28. The Bertz CT molecular complexity index is 473. The van der Waals surface area contributed by atoms with Crippen LogP contribution in [0.4, 0.5) is 5.69 Å². The van der Waals surface area contributed by atoms with E-state index in [1.807, 2.05) is 26.2 Å². The molecule has 4 nitrogen and oxygen atoms in total. The maximum Gasteiger partial charge on any atom is 0.270 e. The number of aryl methyl sites for hydroxylation is 1. The molecule has 2 N–H and O–H groups in total. The lowest BCUT2D eigenvalue weighted by atomic mass is 10.2. The molecule has 15 heavy (non-hydrogen) atoms. The van der Waals surface area contributed by atoms with Crippen molar-refractivity contribution in [1.29, 1.82) is 0 Å². The highest BCUT2D eigenvalue weighted by atomic mass is 32.1. The van der Waals surface area contributed by atoms with Gasteiger partial charge in [0.05, 0.1) is 5.69 Å². The van der Waals surface area contributed by atoms with Gasteiger partial charge in [-0.2, -0.15) is 4.98 Å². The van der Waals surface area contributed by atoms with Crippen LogP contribution in [0.5, 0.6) is 0 Å². The molecule has 5 heteroatoms. The van der Waals surface area contributed by atoms with Gasteiger partial charge in [-0.15, -0.1) is 11.3 Å². The molecule has 80 valence electrons. The molecule has 0 aromatic carbocycles. The van der Waals surface area contributed by atoms with Gasteiger partial charge in [0.1, 0.15) is 4.88 Å². The smallest absolute Gasteiger partial charge is 0.270 e. The summed E-state index contributed by atoms with van der Waals surface area (Å²) >= 11 is 1.53. The fraction of sp³-hybridized carbons (Fsp3) is 0.400. The van der Waals surface area contributed by atoms with Crippen LogP contribution in [0.2, 0.25) is 0 Å². The number of rotatable bonds is 2. The van der Waals surface area contributed by atoms with E-state index in [1.165, 1.54) is 11.3 Å². The highest BCUT2D eigenvalue weighted by Gasteiger charge is 2.16. The first-order valence-electron chi connectivity index (χ1n) is 4.77. The van der Waals surface area contributed by atoms with Gasteiger partial charge in [0.2, 0.25) is 0 Å². The van der Waals surface area contributed by atoms with Gasteiger partial charge < -0.3 is 10.3 Å². The summed E-state index contributed by atoms with van der Waals surface area (Å²) in [5.74, 6) is 1.51. The van der Waals surface area contributed by atoms with Gasteiger partial charge >= 0.3 is 0 Å². The van der Waals surface area contributed by atoms with Crippen molar-refractivity contribution in [3.63, 3.8) is 0 Å². The van der Waals surface area contributed by atoms with Crippen LogP contribution >= 0.6 is 11.3 Å². The van der Waals surface area contributed by atoms with E-state index in [0.29, 0.717) is 5.89 Å². The molecule has 0 atom stereocenters. The van der Waals surface area contributed by atoms with Crippen LogP contribution in [0.15, 0.2) is 9.90 Å². The molecule has 0 bridgehead atoms. The van der Waals surface area contributed by atoms with Gasteiger partial charge in [0.15, 0.2) is 5.82 Å². The number of nitrogen functional groups attached to an aromatic ring is 1. The molecule has 2 aromatic rings. The zero-order valence-corrected chi connectivity index (χ0v) is 9.76. The molecule has 0 spiro atoms. The van der Waals surface area contributed by atoms with Crippen molar-refractivity contribution in [2.24, 2.45) is 0 Å². The molecular formula is C10H13N3OS. The minimum Gasteiger partial charge on any atom is -0.397 e. The summed E-state index contributed by atoms with van der Waals surface area (Å²) in [7, 11) is 0. The minimum atomic E-state index is 0.268. The highest BCUT2D eigenvalue weighted by Crippen LogP contribution is 2.33. The first-order valence-corrected chi connectivity index (χ1v) is 5.65. The van der Waals surface area contributed by atoms with Gasteiger partial charge in [-0.05, 0) is 17.9 Å². The third-order valence-electron chi connectivity index (χ3n) is 2.18. The van der Waals surface area contributed by atoms with E-state index in [0.717, 1.165) is 22.0 Å². The summed E-state index contributed by atoms with van der Waals surface area (Å²) in [5, 5.41) is 5.90. The van der Waals surface area contributed by atoms with E-state index in [2.05, 4.69) is 10.1 Å². The maximum absolute atomic E-state index is 5.90. The van der Waals surface area contributed by atoms with Crippen molar-refractivity contribution in [3.8, 4) is 10.8 Å². The van der Waals surface area contributed by atoms with E-state index in [4.69, 9.17) is 10.3 Å². The Morgan fingerprint density at radius 2 is 2.20 bits per heavy atom. The molecule has 0 aliphatic heterocycles. The Labute approximate surface area is 92.1 Å². The van der Waals surface area contributed by atoms with Crippen LogP contribution < -0.4 is 5.73 Å². The number of hydrogen-bond donors (Lipinski definition) is 1. The van der Waals surface area contributed by atoms with Crippen LogP contribution in [0.1, 0.15) is 31.2 Å². The molecule has 0 aliphatic carbocycles. The van der Waals surface area contributed by atoms with E-state index in [-0.39, 0.29) is 5.92 Å². The van der Waals surface area contributed by atoms with Crippen molar-refractivity contribution in [2.45, 2.75) is 26.7 Å². The van der Waals surface area contributed by atoms with Gasteiger partial charge in [-0.3, -0.25) is 0 Å². The standard InChI is InChI=1S/C10H13N3OS/c1-5(2)9-12-10(14-13-9)8-7(11)6(3)4-15-8/h4-5H,11H2,1-3H3. The molecule has 0 saturated carbocycles. The molecule has 0 saturated heterocycles. The lowest BCUT2D eigenvalue weighted by molar-refractivity contribution is 0.420. The Morgan fingerprint density at radius 3 is 2.67 bits per heavy atom. The number of nitrogens with two attached hydrogens (primary N) is 1. The normalized spacial score (nSPS) is 11.2. The average molecular weight is 223 g/mol. The van der Waals surface area contributed by atoms with Crippen LogP contribution in [-0.2, 0) is 0 Å². The van der Waals surface area contributed by atoms with E-state index in [9.17, 15) is 0 Å². The molecule has 2 rings (SSSR count). The van der Waals surface area contributed by atoms with Gasteiger partial charge in [0.25, 0.3) is 5.89 Å². The quantitative estimate of drug-likeness (QED) is 0.850. The number of hydrogen-bond acceptors (Lipinski definition) is 5. The fourth-order valence-electron chi connectivity index (χ4n) is 1.18. The topological polar surface area (TPSA) is 64.9 Å². The maximum atomic E-state index is 5.90. The molecule has 0 aliphatic rings. The van der Waals surface area contributed by atoms with E-state index in [1.54, 1.807) is 0 Å². The van der Waals surface area contributed by atoms with E-state index < -0.39 is 0 Å². The van der Waals surface area contributed by atoms with E-state index >= 15 is 0 Å². The van der Waals surface area contributed by atoms with Crippen LogP contribution in [-0.4, -0.2) is 10.1 Å². The molecule has 0 amide bonds. The molecular weight excluding hydrogens is 210 g/mol. The number of aromatic nitrogens is 2. The Balaban J connectivity index is 2.41. The first kappa shape index (κ1) is 10.2. The summed E-state index contributed by atoms with van der Waals surface area (Å²) in [6.07, 6.45) is 0. The summed E-state index contributed by atoms with van der Waals surface area (Å²) in [6, 6.07) is 0. The Morgan fingerprint density at radius 1 is 1.47 bits per heavy atom. The van der Waals surface area contributed by atoms with Gasteiger partial charge in [-0.1, -0.05) is 19.0 Å². The largest absolute Gasteiger partial charge is 0.397 e. The van der Waals surface area contributed by atoms with Crippen molar-refractivity contribution in [1.82, 2.24) is 10.1 Å². The summed E-state index contributed by atoms with van der Waals surface area (Å²) in [5.41, 5.74) is 7.69. The van der Waals surface area contributed by atoms with Crippen molar-refractivity contribution in [2.75, 3.05) is 5.73 Å². The fourth-order valence-corrected chi connectivity index (χ4v) is 2.07. The van der Waals surface area contributed by atoms with Crippen molar-refractivity contribution < 1.29 is 4.52 Å². The second kappa shape index (κ2) is 3.66. The van der Waals surface area contributed by atoms with Crippen LogP contribution in [0.3, 0.4) is 0 Å². The predicted octanol–water partition coefficient (Wildman–Crippen LogP) is 2.81. The second-order valence-corrected chi connectivity index (χ2v) is 4.65. The zero-order chi connectivity index (χ0) is 11.0. The summed E-state index contributed by atoms with van der Waals surface area (Å²) < 4.78 is 5.18. The van der Waals surface area contributed by atoms with Crippen LogP contribution in [0, 0.1) is 6.92 Å². The molecule has 0 unspecified atom stereocenters. The summed E-state index contributed by atoms with van der Waals surface area (Å²) in [4.78, 5) is 5.17. The highest BCUT2D eigenvalue weighted by molar-refractivity contribution is 7.14. The number of nitrogens with zero attached hydrogens (tertiary/aromatic N) is 2. The average Bonchev–Trinajstić information content (AvgIpc) is 2.76. The Kier molecular flexibility index (Phi) is 2.48. The number of anilines is 1. The van der Waals surface area contributed by atoms with Gasteiger partial charge in [-0.25, -0.2) is 0 Å².